The highest BCUT2D eigenvalue weighted by Crippen LogP contribution is 1.92. The Balaban J connectivity index is 3.50. The summed E-state index contributed by atoms with van der Waals surface area (Å²) in [4.78, 5) is 22.0. The Labute approximate surface area is 85.0 Å². The summed E-state index contributed by atoms with van der Waals surface area (Å²) in [7, 11) is 0. The molecular weight excluding hydrogens is 182 g/mol. The molecule has 4 heteroatoms. The van der Waals surface area contributed by atoms with Gasteiger partial charge in [0.2, 0.25) is 5.91 Å². The van der Waals surface area contributed by atoms with Gasteiger partial charge in [0.05, 0.1) is 6.04 Å². The normalized spacial score (nSPS) is 12.2. The Bertz CT molecular complexity index is 192. The number of ether oxygens (including phenoxy) is 1. The van der Waals surface area contributed by atoms with E-state index in [4.69, 9.17) is 4.74 Å². The molecule has 4 nitrogen and oxygen atoms in total. The van der Waals surface area contributed by atoms with E-state index in [1.165, 1.54) is 6.92 Å². The molecule has 0 radical (unpaired) electrons. The fourth-order valence-corrected chi connectivity index (χ4v) is 0.894. The van der Waals surface area contributed by atoms with Gasteiger partial charge in [0.1, 0.15) is 0 Å². The third-order valence-corrected chi connectivity index (χ3v) is 1.88. The monoisotopic (exact) mass is 201 g/mol. The zero-order chi connectivity index (χ0) is 11.0. The molecule has 1 unspecified atom stereocenters. The van der Waals surface area contributed by atoms with E-state index in [0.717, 1.165) is 0 Å². The number of Topliss-reactive ketones (excluding diaryl/α,β-unsaturated/α-hetero) is 1. The maximum Gasteiger partial charge on any atom is 0.220 e. The lowest BCUT2D eigenvalue weighted by Gasteiger charge is -2.09. The lowest BCUT2D eigenvalue weighted by molar-refractivity contribution is -0.126. The summed E-state index contributed by atoms with van der Waals surface area (Å²) >= 11 is 0. The van der Waals surface area contributed by atoms with Crippen molar-refractivity contribution in [3.05, 3.63) is 0 Å². The molecule has 0 aromatic rings. The molecule has 0 aromatic heterocycles. The van der Waals surface area contributed by atoms with Gasteiger partial charge in [-0.25, -0.2) is 0 Å². The minimum absolute atomic E-state index is 0.0249. The van der Waals surface area contributed by atoms with Crippen LogP contribution in [0.2, 0.25) is 0 Å². The maximum absolute atomic E-state index is 11.2. The predicted octanol–water partition coefficient (Wildman–Crippen LogP) is 0.897. The minimum Gasteiger partial charge on any atom is -0.382 e. The standard InChI is InChI=1S/C10H19NO3/c1-4-14-7-5-6-10(13)11-8(2)9(3)12/h8H,4-7H2,1-3H3,(H,11,13). The largest absolute Gasteiger partial charge is 0.382 e. The van der Waals surface area contributed by atoms with Crippen LogP contribution in [0, 0.1) is 0 Å². The first-order valence-electron chi connectivity index (χ1n) is 4.95. The highest BCUT2D eigenvalue weighted by molar-refractivity contribution is 5.86. The summed E-state index contributed by atoms with van der Waals surface area (Å²) in [5.41, 5.74) is 0. The van der Waals surface area contributed by atoms with Gasteiger partial charge in [0.25, 0.3) is 0 Å². The van der Waals surface area contributed by atoms with Crippen molar-refractivity contribution in [3.63, 3.8) is 0 Å². The Hall–Kier alpha value is -0.900. The Morgan fingerprint density at radius 1 is 1.43 bits per heavy atom. The van der Waals surface area contributed by atoms with E-state index >= 15 is 0 Å². The molecule has 1 atom stereocenters. The molecule has 1 amide bonds. The minimum atomic E-state index is -0.380. The third kappa shape index (κ3) is 6.60. The SMILES string of the molecule is CCOCCCC(=O)NC(C)C(C)=O. The van der Waals surface area contributed by atoms with Crippen molar-refractivity contribution in [2.24, 2.45) is 0 Å². The fraction of sp³-hybridized carbons (Fsp3) is 0.800. The van der Waals surface area contributed by atoms with E-state index < -0.39 is 0 Å². The molecule has 0 bridgehead atoms. The molecule has 0 aliphatic rings. The van der Waals surface area contributed by atoms with Crippen LogP contribution in [0.25, 0.3) is 0 Å². The maximum atomic E-state index is 11.2. The van der Waals surface area contributed by atoms with Crippen LogP contribution in [-0.2, 0) is 14.3 Å². The second-order valence-corrected chi connectivity index (χ2v) is 3.20. The number of amides is 1. The molecule has 0 spiro atoms. The molecule has 14 heavy (non-hydrogen) atoms. The fourth-order valence-electron chi connectivity index (χ4n) is 0.894. The molecule has 0 rings (SSSR count). The Kier molecular flexibility index (Phi) is 7.02. The van der Waals surface area contributed by atoms with Crippen LogP contribution in [0.15, 0.2) is 0 Å². The number of rotatable bonds is 7. The van der Waals surface area contributed by atoms with Gasteiger partial charge in [0, 0.05) is 19.6 Å². The van der Waals surface area contributed by atoms with E-state index in [-0.39, 0.29) is 17.7 Å². The number of nitrogens with one attached hydrogen (secondary N) is 1. The number of hydrogen-bond acceptors (Lipinski definition) is 3. The van der Waals surface area contributed by atoms with Gasteiger partial charge in [-0.1, -0.05) is 0 Å². The van der Waals surface area contributed by atoms with E-state index in [1.807, 2.05) is 6.92 Å². The molecule has 0 saturated carbocycles. The average Bonchev–Trinajstić information content (AvgIpc) is 2.12. The van der Waals surface area contributed by atoms with Crippen molar-refractivity contribution in [2.45, 2.75) is 39.7 Å². The zero-order valence-corrected chi connectivity index (χ0v) is 9.13. The van der Waals surface area contributed by atoms with Crippen molar-refractivity contribution in [1.82, 2.24) is 5.32 Å². The first-order valence-corrected chi connectivity index (χ1v) is 4.95. The summed E-state index contributed by atoms with van der Waals surface area (Å²) in [6.07, 6.45) is 1.11. The lowest BCUT2D eigenvalue weighted by atomic mass is 10.2. The van der Waals surface area contributed by atoms with Crippen molar-refractivity contribution in [3.8, 4) is 0 Å². The summed E-state index contributed by atoms with van der Waals surface area (Å²) < 4.78 is 5.09. The van der Waals surface area contributed by atoms with Gasteiger partial charge in [-0.05, 0) is 27.2 Å². The van der Waals surface area contributed by atoms with Crippen molar-refractivity contribution in [1.29, 1.82) is 0 Å². The van der Waals surface area contributed by atoms with Crippen LogP contribution in [0.1, 0.15) is 33.6 Å². The van der Waals surface area contributed by atoms with Crippen LogP contribution in [0.3, 0.4) is 0 Å². The highest BCUT2D eigenvalue weighted by Gasteiger charge is 2.10. The molecule has 0 saturated heterocycles. The summed E-state index contributed by atoms with van der Waals surface area (Å²) in [5, 5.41) is 2.61. The molecule has 0 heterocycles. The van der Waals surface area contributed by atoms with E-state index in [2.05, 4.69) is 5.32 Å². The highest BCUT2D eigenvalue weighted by atomic mass is 16.5. The summed E-state index contributed by atoms with van der Waals surface area (Å²) in [6.45, 7) is 6.33. The second-order valence-electron chi connectivity index (χ2n) is 3.20. The van der Waals surface area contributed by atoms with Gasteiger partial charge < -0.3 is 10.1 Å². The topological polar surface area (TPSA) is 55.4 Å². The van der Waals surface area contributed by atoms with E-state index in [1.54, 1.807) is 6.92 Å². The number of carbonyl (C=O) groups excluding carboxylic acids is 2. The summed E-state index contributed by atoms with van der Waals surface area (Å²) in [6, 6.07) is -0.380. The molecule has 1 N–H and O–H groups in total. The smallest absolute Gasteiger partial charge is 0.220 e. The third-order valence-electron chi connectivity index (χ3n) is 1.88. The Morgan fingerprint density at radius 2 is 2.07 bits per heavy atom. The number of ketones is 1. The quantitative estimate of drug-likeness (QED) is 0.622. The average molecular weight is 201 g/mol. The second kappa shape index (κ2) is 7.50. The van der Waals surface area contributed by atoms with E-state index in [9.17, 15) is 9.59 Å². The number of carbonyl (C=O) groups is 2. The van der Waals surface area contributed by atoms with Crippen LogP contribution in [-0.4, -0.2) is 30.9 Å². The van der Waals surface area contributed by atoms with Crippen molar-refractivity contribution < 1.29 is 14.3 Å². The van der Waals surface area contributed by atoms with Crippen molar-refractivity contribution in [2.75, 3.05) is 13.2 Å². The zero-order valence-electron chi connectivity index (χ0n) is 9.13. The van der Waals surface area contributed by atoms with Crippen LogP contribution < -0.4 is 5.32 Å². The van der Waals surface area contributed by atoms with Gasteiger partial charge in [-0.15, -0.1) is 0 Å². The van der Waals surface area contributed by atoms with Gasteiger partial charge in [-0.3, -0.25) is 9.59 Å². The number of hydrogen-bond donors (Lipinski definition) is 1. The molecule has 0 aromatic carbocycles. The molecular formula is C10H19NO3. The van der Waals surface area contributed by atoms with Crippen LogP contribution in [0.5, 0.6) is 0 Å². The van der Waals surface area contributed by atoms with Crippen LogP contribution >= 0.6 is 0 Å². The molecule has 0 aliphatic carbocycles. The Morgan fingerprint density at radius 3 is 2.57 bits per heavy atom. The first-order chi connectivity index (χ1) is 6.57. The predicted molar refractivity (Wildman–Crippen MR) is 54.0 cm³/mol. The van der Waals surface area contributed by atoms with Gasteiger partial charge in [0.15, 0.2) is 5.78 Å². The van der Waals surface area contributed by atoms with Gasteiger partial charge >= 0.3 is 0 Å². The molecule has 0 aliphatic heterocycles. The van der Waals surface area contributed by atoms with Gasteiger partial charge in [-0.2, -0.15) is 0 Å². The molecule has 82 valence electrons. The van der Waals surface area contributed by atoms with Crippen molar-refractivity contribution >= 4 is 11.7 Å². The lowest BCUT2D eigenvalue weighted by Crippen LogP contribution is -2.37. The van der Waals surface area contributed by atoms with Crippen LogP contribution in [0.4, 0.5) is 0 Å². The molecule has 0 fully saturated rings. The van der Waals surface area contributed by atoms with E-state index in [0.29, 0.717) is 26.1 Å². The summed E-state index contributed by atoms with van der Waals surface area (Å²) in [5.74, 6) is -0.115. The first kappa shape index (κ1) is 13.1.